The highest BCUT2D eigenvalue weighted by molar-refractivity contribution is 5.98. The van der Waals surface area contributed by atoms with Crippen molar-refractivity contribution in [3.8, 4) is 0 Å². The van der Waals surface area contributed by atoms with Crippen LogP contribution in [0.1, 0.15) is 29.8 Å². The number of aryl methyl sites for hydroxylation is 1. The Kier molecular flexibility index (Phi) is 1.58. The number of aromatic nitrogens is 2. The predicted octanol–water partition coefficient (Wildman–Crippen LogP) is 1.65. The van der Waals surface area contributed by atoms with E-state index in [0.717, 1.165) is 0 Å². The molecule has 2 fully saturated rings. The van der Waals surface area contributed by atoms with E-state index in [0.29, 0.717) is 23.4 Å². The number of hydrogen-bond acceptors (Lipinski definition) is 2. The van der Waals surface area contributed by atoms with E-state index in [2.05, 4.69) is 5.10 Å². The molecule has 2 unspecified atom stereocenters. The lowest BCUT2D eigenvalue weighted by atomic mass is 10.1. The number of carbonyl (C=O) groups is 1. The van der Waals surface area contributed by atoms with Crippen LogP contribution in [0.5, 0.6) is 0 Å². The molecule has 2 saturated carbocycles. The van der Waals surface area contributed by atoms with Crippen molar-refractivity contribution in [2.75, 3.05) is 0 Å². The number of carbonyl (C=O) groups excluding carboxylic acids is 1. The molecular weight excluding hydrogens is 176 g/mol. The van der Waals surface area contributed by atoms with Crippen molar-refractivity contribution in [2.45, 2.75) is 19.3 Å². The zero-order valence-electron chi connectivity index (χ0n) is 8.31. The van der Waals surface area contributed by atoms with E-state index in [9.17, 15) is 4.79 Å². The molecule has 0 bridgehead atoms. The van der Waals surface area contributed by atoms with E-state index in [4.69, 9.17) is 0 Å². The number of Topliss-reactive ketones (excluding diaryl/α,β-unsaturated/α-hetero) is 1. The third-order valence-electron chi connectivity index (χ3n) is 3.68. The summed E-state index contributed by atoms with van der Waals surface area (Å²) in [6, 6.07) is 1.83. The molecule has 2 aliphatic carbocycles. The Hall–Kier alpha value is -1.12. The van der Waals surface area contributed by atoms with Gasteiger partial charge in [-0.2, -0.15) is 5.10 Å². The molecule has 2 atom stereocenters. The number of nitrogens with zero attached hydrogens (tertiary/aromatic N) is 2. The highest BCUT2D eigenvalue weighted by Crippen LogP contribution is 2.58. The van der Waals surface area contributed by atoms with E-state index in [1.54, 1.807) is 4.68 Å². The Morgan fingerprint density at radius 2 is 2.21 bits per heavy atom. The van der Waals surface area contributed by atoms with Crippen LogP contribution in [0, 0.1) is 17.8 Å². The summed E-state index contributed by atoms with van der Waals surface area (Å²) >= 11 is 0. The molecule has 2 aliphatic rings. The zero-order chi connectivity index (χ0) is 9.71. The average molecular weight is 190 g/mol. The molecule has 0 aromatic carbocycles. The fraction of sp³-hybridized carbons (Fsp3) is 0.636. The van der Waals surface area contributed by atoms with Crippen molar-refractivity contribution in [1.29, 1.82) is 0 Å². The van der Waals surface area contributed by atoms with Gasteiger partial charge in [-0.3, -0.25) is 9.48 Å². The van der Waals surface area contributed by atoms with Gasteiger partial charge in [-0.05, 0) is 30.7 Å². The van der Waals surface area contributed by atoms with E-state index in [-0.39, 0.29) is 5.78 Å². The van der Waals surface area contributed by atoms with Gasteiger partial charge < -0.3 is 0 Å². The van der Waals surface area contributed by atoms with Crippen LogP contribution in [0.15, 0.2) is 12.3 Å². The van der Waals surface area contributed by atoms with Crippen LogP contribution >= 0.6 is 0 Å². The number of rotatable bonds is 2. The van der Waals surface area contributed by atoms with Crippen molar-refractivity contribution in [3.05, 3.63) is 18.0 Å². The molecule has 14 heavy (non-hydrogen) atoms. The Morgan fingerprint density at radius 1 is 1.50 bits per heavy atom. The standard InChI is InChI=1S/C11H14N2O/c1-13-6-5-9(12-13)11(14)10-7-3-2-4-8(7)10/h5-8,10H,2-4H2,1H3. The molecule has 0 aliphatic heterocycles. The first-order valence-corrected chi connectivity index (χ1v) is 5.31. The van der Waals surface area contributed by atoms with Gasteiger partial charge in [0.25, 0.3) is 0 Å². The molecule has 0 spiro atoms. The van der Waals surface area contributed by atoms with Crippen LogP contribution in [-0.4, -0.2) is 15.6 Å². The van der Waals surface area contributed by atoms with Gasteiger partial charge in [-0.25, -0.2) is 0 Å². The molecule has 0 N–H and O–H groups in total. The minimum atomic E-state index is 0.278. The van der Waals surface area contributed by atoms with Gasteiger partial charge >= 0.3 is 0 Å². The molecule has 1 aromatic heterocycles. The maximum Gasteiger partial charge on any atom is 0.186 e. The van der Waals surface area contributed by atoms with Gasteiger partial charge in [0.15, 0.2) is 5.78 Å². The molecule has 74 valence electrons. The number of hydrogen-bond donors (Lipinski definition) is 0. The molecule has 3 rings (SSSR count). The fourth-order valence-corrected chi connectivity index (χ4v) is 2.93. The molecule has 0 saturated heterocycles. The highest BCUT2D eigenvalue weighted by Gasteiger charge is 2.56. The Balaban J connectivity index is 1.78. The summed E-state index contributed by atoms with van der Waals surface area (Å²) in [4.78, 5) is 12.0. The zero-order valence-corrected chi connectivity index (χ0v) is 8.31. The fourth-order valence-electron chi connectivity index (χ4n) is 2.93. The van der Waals surface area contributed by atoms with Crippen LogP contribution < -0.4 is 0 Å². The van der Waals surface area contributed by atoms with Crippen LogP contribution in [0.2, 0.25) is 0 Å². The van der Waals surface area contributed by atoms with Gasteiger partial charge in [0.1, 0.15) is 5.69 Å². The molecular formula is C11H14N2O. The monoisotopic (exact) mass is 190 g/mol. The lowest BCUT2D eigenvalue weighted by molar-refractivity contribution is 0.0946. The average Bonchev–Trinajstić information content (AvgIpc) is 2.56. The van der Waals surface area contributed by atoms with Crippen molar-refractivity contribution < 1.29 is 4.79 Å². The second-order valence-corrected chi connectivity index (χ2v) is 4.52. The van der Waals surface area contributed by atoms with Crippen LogP contribution in [0.4, 0.5) is 0 Å². The quantitative estimate of drug-likeness (QED) is 0.664. The summed E-state index contributed by atoms with van der Waals surface area (Å²) in [6.07, 6.45) is 5.68. The van der Waals surface area contributed by atoms with Crippen molar-refractivity contribution in [1.82, 2.24) is 9.78 Å². The van der Waals surface area contributed by atoms with Gasteiger partial charge in [0.05, 0.1) is 0 Å². The molecule has 3 nitrogen and oxygen atoms in total. The highest BCUT2D eigenvalue weighted by atomic mass is 16.1. The SMILES string of the molecule is Cn1ccc(C(=O)C2C3CCCC32)n1. The first-order chi connectivity index (χ1) is 6.77. The van der Waals surface area contributed by atoms with Gasteiger partial charge in [0, 0.05) is 19.2 Å². The van der Waals surface area contributed by atoms with E-state index < -0.39 is 0 Å². The van der Waals surface area contributed by atoms with Crippen molar-refractivity contribution in [2.24, 2.45) is 24.8 Å². The van der Waals surface area contributed by atoms with Crippen molar-refractivity contribution in [3.63, 3.8) is 0 Å². The maximum atomic E-state index is 12.0. The van der Waals surface area contributed by atoms with E-state index in [1.165, 1.54) is 19.3 Å². The summed E-state index contributed by atoms with van der Waals surface area (Å²) in [5.41, 5.74) is 0.659. The number of ketones is 1. The van der Waals surface area contributed by atoms with Crippen LogP contribution in [0.3, 0.4) is 0 Å². The second-order valence-electron chi connectivity index (χ2n) is 4.52. The normalized spacial score (nSPS) is 34.2. The summed E-state index contributed by atoms with van der Waals surface area (Å²) < 4.78 is 1.70. The summed E-state index contributed by atoms with van der Waals surface area (Å²) in [5.74, 6) is 1.99. The summed E-state index contributed by atoms with van der Waals surface area (Å²) in [7, 11) is 1.85. The molecule has 0 radical (unpaired) electrons. The van der Waals surface area contributed by atoms with Gasteiger partial charge in [0.2, 0.25) is 0 Å². The second kappa shape index (κ2) is 2.69. The molecule has 1 aromatic rings. The third-order valence-corrected chi connectivity index (χ3v) is 3.68. The van der Waals surface area contributed by atoms with E-state index in [1.807, 2.05) is 19.3 Å². The summed E-state index contributed by atoms with van der Waals surface area (Å²) in [6.45, 7) is 0. The third kappa shape index (κ3) is 1.04. The lowest BCUT2D eigenvalue weighted by Crippen LogP contribution is -2.07. The molecule has 0 amide bonds. The minimum Gasteiger partial charge on any atom is -0.292 e. The largest absolute Gasteiger partial charge is 0.292 e. The predicted molar refractivity (Wildman–Crippen MR) is 51.9 cm³/mol. The van der Waals surface area contributed by atoms with E-state index >= 15 is 0 Å². The van der Waals surface area contributed by atoms with Gasteiger partial charge in [-0.1, -0.05) is 6.42 Å². The molecule has 3 heteroatoms. The topological polar surface area (TPSA) is 34.9 Å². The Morgan fingerprint density at radius 3 is 2.79 bits per heavy atom. The Labute approximate surface area is 83.1 Å². The maximum absolute atomic E-state index is 12.0. The first kappa shape index (κ1) is 8.21. The van der Waals surface area contributed by atoms with Crippen LogP contribution in [0.25, 0.3) is 0 Å². The first-order valence-electron chi connectivity index (χ1n) is 5.31. The minimum absolute atomic E-state index is 0.278. The van der Waals surface area contributed by atoms with Crippen molar-refractivity contribution >= 4 is 5.78 Å². The lowest BCUT2D eigenvalue weighted by Gasteiger charge is -1.98. The summed E-state index contributed by atoms with van der Waals surface area (Å²) in [5, 5.41) is 4.17. The van der Waals surface area contributed by atoms with Gasteiger partial charge in [-0.15, -0.1) is 0 Å². The Bertz CT molecular complexity index is 372. The number of fused-ring (bicyclic) bond motifs is 1. The van der Waals surface area contributed by atoms with Crippen LogP contribution in [-0.2, 0) is 7.05 Å². The smallest absolute Gasteiger partial charge is 0.186 e. The molecule has 1 heterocycles.